The molecule has 0 fully saturated rings. The number of anilines is 1. The first-order valence-corrected chi connectivity index (χ1v) is 7.34. The molecule has 0 saturated carbocycles. The summed E-state index contributed by atoms with van der Waals surface area (Å²) in [6.45, 7) is 3.81. The number of non-ortho nitro benzene ring substituents is 1. The molecule has 24 heavy (non-hydrogen) atoms. The minimum atomic E-state index is -0.464. The van der Waals surface area contributed by atoms with Gasteiger partial charge in [0, 0.05) is 17.8 Å². The topological polar surface area (TPSA) is 96.6 Å². The van der Waals surface area contributed by atoms with E-state index >= 15 is 0 Å². The lowest BCUT2D eigenvalue weighted by Gasteiger charge is -2.06. The second-order valence-corrected chi connectivity index (χ2v) is 5.26. The van der Waals surface area contributed by atoms with Crippen molar-refractivity contribution in [2.45, 2.75) is 13.8 Å². The lowest BCUT2D eigenvalue weighted by molar-refractivity contribution is -0.384. The summed E-state index contributed by atoms with van der Waals surface area (Å²) in [6, 6.07) is 13.7. The highest BCUT2D eigenvalue weighted by Crippen LogP contribution is 2.12. The highest BCUT2D eigenvalue weighted by atomic mass is 16.6. The zero-order chi connectivity index (χ0) is 17.5. The van der Waals surface area contributed by atoms with E-state index in [2.05, 4.69) is 15.8 Å². The number of rotatable bonds is 6. The van der Waals surface area contributed by atoms with E-state index in [0.29, 0.717) is 11.3 Å². The number of carbonyl (C=O) groups is 1. The Bertz CT molecular complexity index is 752. The highest BCUT2D eigenvalue weighted by molar-refractivity contribution is 5.99. The van der Waals surface area contributed by atoms with Crippen molar-refractivity contribution in [1.82, 2.24) is 5.43 Å². The van der Waals surface area contributed by atoms with Gasteiger partial charge in [0.1, 0.15) is 0 Å². The van der Waals surface area contributed by atoms with Gasteiger partial charge in [-0.1, -0.05) is 17.7 Å². The summed E-state index contributed by atoms with van der Waals surface area (Å²) < 4.78 is 0. The van der Waals surface area contributed by atoms with Gasteiger partial charge in [-0.2, -0.15) is 5.10 Å². The van der Waals surface area contributed by atoms with E-state index in [1.807, 2.05) is 31.2 Å². The molecule has 0 aliphatic heterocycles. The van der Waals surface area contributed by atoms with Crippen LogP contribution in [0.1, 0.15) is 18.1 Å². The second-order valence-electron chi connectivity index (χ2n) is 5.26. The molecule has 0 atom stereocenters. The van der Waals surface area contributed by atoms with Crippen LogP contribution in [0.2, 0.25) is 0 Å². The molecule has 0 bridgehead atoms. The number of hydrogen-bond donors (Lipinski definition) is 2. The molecule has 2 aromatic rings. The predicted molar refractivity (Wildman–Crippen MR) is 93.1 cm³/mol. The minimum absolute atomic E-state index is 0.0119. The first-order chi connectivity index (χ1) is 11.5. The standard InChI is InChI=1S/C17H18N4O3/c1-12-3-7-15(8-4-12)18-11-17(22)20-19-13(2)14-5-9-16(10-6-14)21(23)24/h3-10,18H,11H2,1-2H3,(H,20,22)/b19-13+. The third kappa shape index (κ3) is 4.91. The third-order valence-electron chi connectivity index (χ3n) is 3.35. The maximum atomic E-state index is 11.8. The zero-order valence-corrected chi connectivity index (χ0v) is 13.4. The van der Waals surface area contributed by atoms with Crippen molar-refractivity contribution in [3.8, 4) is 0 Å². The van der Waals surface area contributed by atoms with Gasteiger partial charge in [-0.3, -0.25) is 14.9 Å². The van der Waals surface area contributed by atoms with Gasteiger partial charge >= 0.3 is 0 Å². The van der Waals surface area contributed by atoms with Gasteiger partial charge in [0.25, 0.3) is 11.6 Å². The molecule has 2 N–H and O–H groups in total. The Morgan fingerprint density at radius 3 is 2.33 bits per heavy atom. The summed E-state index contributed by atoms with van der Waals surface area (Å²) in [5.41, 5.74) is 5.73. The van der Waals surface area contributed by atoms with Crippen LogP contribution in [-0.2, 0) is 4.79 Å². The van der Waals surface area contributed by atoms with Gasteiger partial charge in [0.2, 0.25) is 0 Å². The van der Waals surface area contributed by atoms with Gasteiger partial charge in [0.05, 0.1) is 17.2 Å². The van der Waals surface area contributed by atoms with Gasteiger partial charge in [-0.05, 0) is 43.7 Å². The molecule has 7 heteroatoms. The summed E-state index contributed by atoms with van der Waals surface area (Å²) in [5.74, 6) is -0.281. The Morgan fingerprint density at radius 2 is 1.75 bits per heavy atom. The van der Waals surface area contributed by atoms with Gasteiger partial charge in [0.15, 0.2) is 0 Å². The molecule has 0 heterocycles. The molecule has 2 rings (SSSR count). The number of nitro groups is 1. The number of aryl methyl sites for hydroxylation is 1. The monoisotopic (exact) mass is 326 g/mol. The maximum Gasteiger partial charge on any atom is 0.269 e. The van der Waals surface area contributed by atoms with Gasteiger partial charge < -0.3 is 5.32 Å². The number of nitrogens with zero attached hydrogens (tertiary/aromatic N) is 2. The Labute approximate surface area is 139 Å². The summed E-state index contributed by atoms with van der Waals surface area (Å²) >= 11 is 0. The van der Waals surface area contributed by atoms with Crippen LogP contribution in [0.25, 0.3) is 0 Å². The highest BCUT2D eigenvalue weighted by Gasteiger charge is 2.06. The van der Waals surface area contributed by atoms with Crippen molar-refractivity contribution in [3.63, 3.8) is 0 Å². The molecule has 0 saturated heterocycles. The quantitative estimate of drug-likeness (QED) is 0.484. The average Bonchev–Trinajstić information content (AvgIpc) is 2.59. The smallest absolute Gasteiger partial charge is 0.269 e. The van der Waals surface area contributed by atoms with Crippen molar-refractivity contribution < 1.29 is 9.72 Å². The van der Waals surface area contributed by atoms with Gasteiger partial charge in [-0.15, -0.1) is 0 Å². The molecule has 0 spiro atoms. The number of amides is 1. The second kappa shape index (κ2) is 7.87. The van der Waals surface area contributed by atoms with Crippen LogP contribution in [0.15, 0.2) is 53.6 Å². The van der Waals surface area contributed by atoms with E-state index in [1.54, 1.807) is 19.1 Å². The first kappa shape index (κ1) is 17.1. The fraction of sp³-hybridized carbons (Fsp3) is 0.176. The molecule has 1 amide bonds. The molecule has 0 aliphatic carbocycles. The summed E-state index contributed by atoms with van der Waals surface area (Å²) in [5, 5.41) is 17.6. The Morgan fingerprint density at radius 1 is 1.12 bits per heavy atom. The fourth-order valence-electron chi connectivity index (χ4n) is 1.93. The third-order valence-corrected chi connectivity index (χ3v) is 3.35. The van der Waals surface area contributed by atoms with Crippen LogP contribution in [-0.4, -0.2) is 23.1 Å². The number of benzene rings is 2. The molecule has 7 nitrogen and oxygen atoms in total. The summed E-state index contributed by atoms with van der Waals surface area (Å²) in [6.07, 6.45) is 0. The van der Waals surface area contributed by atoms with E-state index in [-0.39, 0.29) is 18.1 Å². The minimum Gasteiger partial charge on any atom is -0.376 e. The SMILES string of the molecule is C/C(=N\NC(=O)CNc1ccc(C)cc1)c1ccc([N+](=O)[O-])cc1. The van der Waals surface area contributed by atoms with Crippen LogP contribution in [0.3, 0.4) is 0 Å². The van der Waals surface area contributed by atoms with Crippen molar-refractivity contribution in [2.24, 2.45) is 5.10 Å². The van der Waals surface area contributed by atoms with Crippen LogP contribution >= 0.6 is 0 Å². The number of nitrogens with one attached hydrogen (secondary N) is 2. The predicted octanol–water partition coefficient (Wildman–Crippen LogP) is 2.86. The average molecular weight is 326 g/mol. The molecule has 124 valence electrons. The molecule has 0 aromatic heterocycles. The fourth-order valence-corrected chi connectivity index (χ4v) is 1.93. The number of nitro benzene ring substituents is 1. The molecule has 0 radical (unpaired) electrons. The zero-order valence-electron chi connectivity index (χ0n) is 13.4. The van der Waals surface area contributed by atoms with E-state index in [4.69, 9.17) is 0 Å². The van der Waals surface area contributed by atoms with Crippen molar-refractivity contribution >= 4 is 23.0 Å². The Hall–Kier alpha value is -3.22. The molecular weight excluding hydrogens is 308 g/mol. The summed E-state index contributed by atoms with van der Waals surface area (Å²) in [4.78, 5) is 21.9. The number of hydrazone groups is 1. The van der Waals surface area contributed by atoms with Crippen molar-refractivity contribution in [3.05, 3.63) is 69.8 Å². The molecular formula is C17H18N4O3. The Balaban J connectivity index is 1.87. The lowest BCUT2D eigenvalue weighted by Crippen LogP contribution is -2.26. The molecule has 0 aliphatic rings. The maximum absolute atomic E-state index is 11.8. The Kier molecular flexibility index (Phi) is 5.62. The number of carbonyl (C=O) groups excluding carboxylic acids is 1. The largest absolute Gasteiger partial charge is 0.376 e. The van der Waals surface area contributed by atoms with Crippen molar-refractivity contribution in [2.75, 3.05) is 11.9 Å². The molecule has 2 aromatic carbocycles. The van der Waals surface area contributed by atoms with Crippen LogP contribution < -0.4 is 10.7 Å². The van der Waals surface area contributed by atoms with E-state index in [1.165, 1.54) is 12.1 Å². The van der Waals surface area contributed by atoms with E-state index in [0.717, 1.165) is 11.3 Å². The van der Waals surface area contributed by atoms with E-state index in [9.17, 15) is 14.9 Å². The van der Waals surface area contributed by atoms with Crippen LogP contribution in [0, 0.1) is 17.0 Å². The normalized spacial score (nSPS) is 11.0. The van der Waals surface area contributed by atoms with Crippen molar-refractivity contribution in [1.29, 1.82) is 0 Å². The van der Waals surface area contributed by atoms with Gasteiger partial charge in [-0.25, -0.2) is 5.43 Å². The molecule has 0 unspecified atom stereocenters. The summed E-state index contributed by atoms with van der Waals surface area (Å²) in [7, 11) is 0. The lowest BCUT2D eigenvalue weighted by atomic mass is 10.1. The van der Waals surface area contributed by atoms with E-state index < -0.39 is 4.92 Å². The van der Waals surface area contributed by atoms with Crippen LogP contribution in [0.4, 0.5) is 11.4 Å². The first-order valence-electron chi connectivity index (χ1n) is 7.34. The van der Waals surface area contributed by atoms with Crippen LogP contribution in [0.5, 0.6) is 0 Å². The number of hydrogen-bond acceptors (Lipinski definition) is 5.